The van der Waals surface area contributed by atoms with E-state index < -0.39 is 10.0 Å². The van der Waals surface area contributed by atoms with Crippen LogP contribution in [0.2, 0.25) is 0 Å². The highest BCUT2D eigenvalue weighted by molar-refractivity contribution is 7.89. The second-order valence-electron chi connectivity index (χ2n) is 4.33. The van der Waals surface area contributed by atoms with Crippen LogP contribution in [0.3, 0.4) is 0 Å². The first-order valence-electron chi connectivity index (χ1n) is 6.32. The van der Waals surface area contributed by atoms with Gasteiger partial charge in [0.25, 0.3) is 0 Å². The van der Waals surface area contributed by atoms with Crippen LogP contribution in [0.4, 0.5) is 4.39 Å². The van der Waals surface area contributed by atoms with Gasteiger partial charge >= 0.3 is 0 Å². The first kappa shape index (κ1) is 16.1. The number of hydrogen-bond donors (Lipinski definition) is 1. The van der Waals surface area contributed by atoms with Crippen molar-refractivity contribution in [2.45, 2.75) is 32.2 Å². The van der Waals surface area contributed by atoms with E-state index in [1.165, 1.54) is 16.4 Å². The zero-order valence-electron chi connectivity index (χ0n) is 11.8. The minimum absolute atomic E-state index is 0.153. The first-order chi connectivity index (χ1) is 8.88. The molecular weight excluding hydrogens is 267 g/mol. The Hall–Kier alpha value is -0.980. The van der Waals surface area contributed by atoms with Crippen LogP contribution in [0.5, 0.6) is 0 Å². The molecule has 6 heteroatoms. The van der Waals surface area contributed by atoms with Gasteiger partial charge in [0, 0.05) is 25.2 Å². The van der Waals surface area contributed by atoms with Gasteiger partial charge in [0.15, 0.2) is 0 Å². The average Bonchev–Trinajstić information content (AvgIpc) is 2.36. The highest BCUT2D eigenvalue weighted by Crippen LogP contribution is 2.22. The van der Waals surface area contributed by atoms with Crippen LogP contribution in [-0.2, 0) is 16.6 Å². The Labute approximate surface area is 114 Å². The Morgan fingerprint density at radius 2 is 1.84 bits per heavy atom. The molecule has 0 aliphatic heterocycles. The summed E-state index contributed by atoms with van der Waals surface area (Å²) in [5.41, 5.74) is 0.715. The standard InChI is InChI=1S/C13H21FN2O2S/c1-5-16(6-2)19(17,18)12-7-10(3)13(14)11(8-12)9-15-4/h7-8,15H,5-6,9H2,1-4H3. The zero-order valence-corrected chi connectivity index (χ0v) is 12.6. The number of nitrogens with zero attached hydrogens (tertiary/aromatic N) is 1. The molecule has 0 radical (unpaired) electrons. The number of sulfonamides is 1. The predicted molar refractivity (Wildman–Crippen MR) is 74.0 cm³/mol. The molecule has 0 heterocycles. The van der Waals surface area contributed by atoms with E-state index in [-0.39, 0.29) is 10.7 Å². The van der Waals surface area contributed by atoms with Gasteiger partial charge < -0.3 is 5.32 Å². The molecule has 0 aromatic heterocycles. The summed E-state index contributed by atoms with van der Waals surface area (Å²) in [6.45, 7) is 6.25. The number of halogens is 1. The summed E-state index contributed by atoms with van der Waals surface area (Å²) in [7, 11) is -1.85. The number of rotatable bonds is 6. The fraction of sp³-hybridized carbons (Fsp3) is 0.538. The maximum Gasteiger partial charge on any atom is 0.243 e. The molecular formula is C13H21FN2O2S. The SMILES string of the molecule is CCN(CC)S(=O)(=O)c1cc(C)c(F)c(CNC)c1. The summed E-state index contributed by atoms with van der Waals surface area (Å²) in [5.74, 6) is -0.354. The molecule has 0 bridgehead atoms. The quantitative estimate of drug-likeness (QED) is 0.869. The fourth-order valence-corrected chi connectivity index (χ4v) is 3.58. The molecule has 1 aromatic rings. The first-order valence-corrected chi connectivity index (χ1v) is 7.76. The zero-order chi connectivity index (χ0) is 14.6. The highest BCUT2D eigenvalue weighted by atomic mass is 32.2. The molecule has 1 rings (SSSR count). The predicted octanol–water partition coefficient (Wildman–Crippen LogP) is 1.88. The van der Waals surface area contributed by atoms with Crippen molar-refractivity contribution >= 4 is 10.0 Å². The number of hydrogen-bond acceptors (Lipinski definition) is 3. The summed E-state index contributed by atoms with van der Waals surface area (Å²) in [6.07, 6.45) is 0. The van der Waals surface area contributed by atoms with Gasteiger partial charge in [0.2, 0.25) is 10.0 Å². The van der Waals surface area contributed by atoms with Gasteiger partial charge in [-0.1, -0.05) is 13.8 Å². The van der Waals surface area contributed by atoms with Crippen molar-refractivity contribution in [1.29, 1.82) is 0 Å². The van der Waals surface area contributed by atoms with Crippen LogP contribution in [0.15, 0.2) is 17.0 Å². The van der Waals surface area contributed by atoms with Crippen LogP contribution in [0, 0.1) is 12.7 Å². The smallest absolute Gasteiger partial charge is 0.243 e. The molecule has 4 nitrogen and oxygen atoms in total. The van der Waals surface area contributed by atoms with E-state index in [2.05, 4.69) is 5.32 Å². The lowest BCUT2D eigenvalue weighted by Gasteiger charge is -2.19. The molecule has 1 aromatic carbocycles. The van der Waals surface area contributed by atoms with Crippen molar-refractivity contribution in [3.05, 3.63) is 29.1 Å². The van der Waals surface area contributed by atoms with E-state index in [1.54, 1.807) is 27.8 Å². The molecule has 19 heavy (non-hydrogen) atoms. The van der Waals surface area contributed by atoms with Crippen molar-refractivity contribution in [3.63, 3.8) is 0 Å². The lowest BCUT2D eigenvalue weighted by atomic mass is 10.1. The van der Waals surface area contributed by atoms with Gasteiger partial charge in [-0.2, -0.15) is 4.31 Å². The van der Waals surface area contributed by atoms with Gasteiger partial charge in [-0.25, -0.2) is 12.8 Å². The summed E-state index contributed by atoms with van der Waals surface area (Å²) in [5, 5.41) is 2.84. The maximum atomic E-state index is 13.9. The van der Waals surface area contributed by atoms with Crippen molar-refractivity contribution in [2.75, 3.05) is 20.1 Å². The molecule has 0 fully saturated rings. The minimum Gasteiger partial charge on any atom is -0.316 e. The van der Waals surface area contributed by atoms with Gasteiger partial charge in [0.05, 0.1) is 4.90 Å². The molecule has 1 N–H and O–H groups in total. The van der Waals surface area contributed by atoms with Crippen molar-refractivity contribution in [3.8, 4) is 0 Å². The molecule has 0 spiro atoms. The van der Waals surface area contributed by atoms with Gasteiger partial charge in [0.1, 0.15) is 5.82 Å². The molecule has 108 valence electrons. The van der Waals surface area contributed by atoms with Crippen LogP contribution >= 0.6 is 0 Å². The maximum absolute atomic E-state index is 13.9. The minimum atomic E-state index is -3.54. The molecule has 0 unspecified atom stereocenters. The van der Waals surface area contributed by atoms with Crippen molar-refractivity contribution in [1.82, 2.24) is 9.62 Å². The number of aryl methyl sites for hydroxylation is 1. The number of benzene rings is 1. The average molecular weight is 288 g/mol. The number of nitrogens with one attached hydrogen (secondary N) is 1. The van der Waals surface area contributed by atoms with Crippen LogP contribution < -0.4 is 5.32 Å². The van der Waals surface area contributed by atoms with Gasteiger partial charge in [-0.3, -0.25) is 0 Å². The Balaban J connectivity index is 3.35. The van der Waals surface area contributed by atoms with Gasteiger partial charge in [-0.05, 0) is 31.7 Å². The monoisotopic (exact) mass is 288 g/mol. The van der Waals surface area contributed by atoms with E-state index in [0.29, 0.717) is 30.8 Å². The van der Waals surface area contributed by atoms with Crippen LogP contribution in [0.25, 0.3) is 0 Å². The van der Waals surface area contributed by atoms with Crippen LogP contribution in [0.1, 0.15) is 25.0 Å². The van der Waals surface area contributed by atoms with E-state index in [0.717, 1.165) is 0 Å². The molecule has 0 aliphatic carbocycles. The molecule has 0 aliphatic rings. The third-order valence-electron chi connectivity index (χ3n) is 3.01. The molecule has 0 saturated heterocycles. The van der Waals surface area contributed by atoms with Crippen molar-refractivity contribution in [2.24, 2.45) is 0 Å². The van der Waals surface area contributed by atoms with Crippen LogP contribution in [-0.4, -0.2) is 32.9 Å². The Kier molecular flexibility index (Phi) is 5.46. The largest absolute Gasteiger partial charge is 0.316 e. The van der Waals surface area contributed by atoms with Crippen molar-refractivity contribution < 1.29 is 12.8 Å². The lowest BCUT2D eigenvalue weighted by molar-refractivity contribution is 0.445. The van der Waals surface area contributed by atoms with E-state index in [9.17, 15) is 12.8 Å². The topological polar surface area (TPSA) is 49.4 Å². The fourth-order valence-electron chi connectivity index (χ4n) is 1.99. The summed E-state index contributed by atoms with van der Waals surface area (Å²) in [6, 6.07) is 2.80. The third-order valence-corrected chi connectivity index (χ3v) is 5.04. The second-order valence-corrected chi connectivity index (χ2v) is 6.27. The highest BCUT2D eigenvalue weighted by Gasteiger charge is 2.23. The molecule has 0 atom stereocenters. The van der Waals surface area contributed by atoms with E-state index >= 15 is 0 Å². The summed E-state index contributed by atoms with van der Waals surface area (Å²) < 4.78 is 40.0. The summed E-state index contributed by atoms with van der Waals surface area (Å²) in [4.78, 5) is 0.153. The Bertz CT molecular complexity index is 540. The normalized spacial score (nSPS) is 12.1. The van der Waals surface area contributed by atoms with Gasteiger partial charge in [-0.15, -0.1) is 0 Å². The Morgan fingerprint density at radius 3 is 2.32 bits per heavy atom. The summed E-state index contributed by atoms with van der Waals surface area (Å²) >= 11 is 0. The second kappa shape index (κ2) is 6.45. The Morgan fingerprint density at radius 1 is 1.26 bits per heavy atom. The van der Waals surface area contributed by atoms with E-state index in [4.69, 9.17) is 0 Å². The molecule has 0 saturated carbocycles. The lowest BCUT2D eigenvalue weighted by Crippen LogP contribution is -2.31. The van der Waals surface area contributed by atoms with E-state index in [1.807, 2.05) is 0 Å². The molecule has 0 amide bonds. The third kappa shape index (κ3) is 3.32.